The molecule has 7 nitrogen and oxygen atoms in total. The average molecular weight is 347 g/mol. The van der Waals surface area contributed by atoms with Crippen LogP contribution in [-0.2, 0) is 22.7 Å². The van der Waals surface area contributed by atoms with Crippen LogP contribution in [-0.4, -0.2) is 36.4 Å². The Morgan fingerprint density at radius 3 is 2.00 bits per heavy atom. The van der Waals surface area contributed by atoms with Gasteiger partial charge in [-0.3, -0.25) is 0 Å². The van der Waals surface area contributed by atoms with Gasteiger partial charge < -0.3 is 25.0 Å². The maximum Gasteiger partial charge on any atom is 0.414 e. The third kappa shape index (κ3) is 7.36. The SMILES string of the molecule is COc1ccc(CNCc2ccccc2OC)cc1.O=C(O)C(=O)O. The molecule has 0 atom stereocenters. The van der Waals surface area contributed by atoms with Crippen molar-refractivity contribution in [2.45, 2.75) is 13.1 Å². The van der Waals surface area contributed by atoms with Crippen molar-refractivity contribution in [3.8, 4) is 11.5 Å². The molecule has 2 aromatic carbocycles. The number of methoxy groups -OCH3 is 2. The molecule has 0 aliphatic carbocycles. The summed E-state index contributed by atoms with van der Waals surface area (Å²) in [4.78, 5) is 18.2. The van der Waals surface area contributed by atoms with Crippen LogP contribution in [0, 0.1) is 0 Å². The second-order valence-corrected chi connectivity index (χ2v) is 4.87. The quantitative estimate of drug-likeness (QED) is 0.688. The van der Waals surface area contributed by atoms with E-state index >= 15 is 0 Å². The van der Waals surface area contributed by atoms with Crippen LogP contribution in [0.5, 0.6) is 11.5 Å². The number of carbonyl (C=O) groups is 2. The molecule has 0 saturated carbocycles. The molecule has 0 aliphatic heterocycles. The van der Waals surface area contributed by atoms with Gasteiger partial charge in [-0.2, -0.15) is 0 Å². The summed E-state index contributed by atoms with van der Waals surface area (Å²) < 4.78 is 10.5. The first kappa shape index (κ1) is 20.0. The van der Waals surface area contributed by atoms with Crippen molar-refractivity contribution in [3.63, 3.8) is 0 Å². The minimum Gasteiger partial charge on any atom is -0.497 e. The molecule has 134 valence electrons. The van der Waals surface area contributed by atoms with E-state index in [9.17, 15) is 0 Å². The zero-order valence-corrected chi connectivity index (χ0v) is 14.1. The number of carboxylic acids is 2. The van der Waals surface area contributed by atoms with Crippen molar-refractivity contribution >= 4 is 11.9 Å². The molecule has 0 amide bonds. The largest absolute Gasteiger partial charge is 0.497 e. The number of carboxylic acid groups (broad SMARTS) is 2. The predicted octanol–water partition coefficient (Wildman–Crippen LogP) is 2.15. The molecular formula is C18H21NO6. The van der Waals surface area contributed by atoms with E-state index in [4.69, 9.17) is 29.3 Å². The highest BCUT2D eigenvalue weighted by Crippen LogP contribution is 2.17. The summed E-state index contributed by atoms with van der Waals surface area (Å²) >= 11 is 0. The Labute approximate surface area is 145 Å². The maximum atomic E-state index is 9.10. The molecule has 0 bridgehead atoms. The summed E-state index contributed by atoms with van der Waals surface area (Å²) in [5.74, 6) is -1.84. The highest BCUT2D eigenvalue weighted by molar-refractivity contribution is 6.27. The Balaban J connectivity index is 0.000000450. The molecule has 25 heavy (non-hydrogen) atoms. The number of rotatable bonds is 6. The van der Waals surface area contributed by atoms with Gasteiger partial charge in [-0.15, -0.1) is 0 Å². The molecule has 0 aliphatic rings. The predicted molar refractivity (Wildman–Crippen MR) is 91.8 cm³/mol. The van der Waals surface area contributed by atoms with E-state index in [1.807, 2.05) is 30.3 Å². The first-order chi connectivity index (χ1) is 12.0. The van der Waals surface area contributed by atoms with Gasteiger partial charge in [0.15, 0.2) is 0 Å². The number of benzene rings is 2. The van der Waals surface area contributed by atoms with Gasteiger partial charge in [0.05, 0.1) is 14.2 Å². The van der Waals surface area contributed by atoms with Gasteiger partial charge >= 0.3 is 11.9 Å². The Bertz CT molecular complexity index is 672. The van der Waals surface area contributed by atoms with Crippen LogP contribution >= 0.6 is 0 Å². The second kappa shape index (κ2) is 10.7. The molecule has 0 saturated heterocycles. The average Bonchev–Trinajstić information content (AvgIpc) is 2.63. The van der Waals surface area contributed by atoms with Crippen molar-refractivity contribution in [2.24, 2.45) is 0 Å². The normalized spacial score (nSPS) is 9.52. The number of nitrogens with one attached hydrogen (secondary N) is 1. The summed E-state index contributed by atoms with van der Waals surface area (Å²) in [5.41, 5.74) is 2.40. The Morgan fingerprint density at radius 2 is 1.48 bits per heavy atom. The number of aliphatic carboxylic acids is 2. The van der Waals surface area contributed by atoms with Crippen LogP contribution in [0.15, 0.2) is 48.5 Å². The van der Waals surface area contributed by atoms with E-state index in [1.54, 1.807) is 14.2 Å². The van der Waals surface area contributed by atoms with Crippen LogP contribution in [0.2, 0.25) is 0 Å². The number of para-hydroxylation sites is 1. The van der Waals surface area contributed by atoms with Crippen molar-refractivity contribution in [1.29, 1.82) is 0 Å². The van der Waals surface area contributed by atoms with Crippen LogP contribution < -0.4 is 14.8 Å². The van der Waals surface area contributed by atoms with Gasteiger partial charge in [-0.25, -0.2) is 9.59 Å². The van der Waals surface area contributed by atoms with E-state index in [2.05, 4.69) is 23.5 Å². The summed E-state index contributed by atoms with van der Waals surface area (Å²) in [6, 6.07) is 16.1. The van der Waals surface area contributed by atoms with Crippen molar-refractivity contribution in [2.75, 3.05) is 14.2 Å². The molecule has 0 spiro atoms. The fourth-order valence-corrected chi connectivity index (χ4v) is 1.93. The molecule has 0 radical (unpaired) electrons. The fourth-order valence-electron chi connectivity index (χ4n) is 1.93. The highest BCUT2D eigenvalue weighted by Gasteiger charge is 2.04. The third-order valence-corrected chi connectivity index (χ3v) is 3.18. The number of ether oxygens (including phenoxy) is 2. The first-order valence-corrected chi connectivity index (χ1v) is 7.39. The fraction of sp³-hybridized carbons (Fsp3) is 0.222. The summed E-state index contributed by atoms with van der Waals surface area (Å²) in [5, 5.41) is 18.2. The van der Waals surface area contributed by atoms with Crippen molar-refractivity contribution in [3.05, 3.63) is 59.7 Å². The molecular weight excluding hydrogens is 326 g/mol. The van der Waals surface area contributed by atoms with Crippen molar-refractivity contribution in [1.82, 2.24) is 5.32 Å². The topological polar surface area (TPSA) is 105 Å². The zero-order valence-electron chi connectivity index (χ0n) is 14.1. The van der Waals surface area contributed by atoms with Crippen LogP contribution in [0.3, 0.4) is 0 Å². The molecule has 2 aromatic rings. The molecule has 3 N–H and O–H groups in total. The molecule has 0 fully saturated rings. The van der Waals surface area contributed by atoms with Crippen molar-refractivity contribution < 1.29 is 29.3 Å². The molecule has 7 heteroatoms. The Morgan fingerprint density at radius 1 is 0.880 bits per heavy atom. The van der Waals surface area contributed by atoms with Gasteiger partial charge in [0.25, 0.3) is 0 Å². The van der Waals surface area contributed by atoms with E-state index in [-0.39, 0.29) is 0 Å². The van der Waals surface area contributed by atoms with E-state index in [0.29, 0.717) is 0 Å². The molecule has 0 aromatic heterocycles. The zero-order chi connectivity index (χ0) is 18.7. The van der Waals surface area contributed by atoms with E-state index in [0.717, 1.165) is 24.6 Å². The van der Waals surface area contributed by atoms with Gasteiger partial charge in [0, 0.05) is 18.7 Å². The minimum absolute atomic E-state index is 0.788. The lowest BCUT2D eigenvalue weighted by Crippen LogP contribution is -2.13. The number of hydrogen-bond acceptors (Lipinski definition) is 5. The van der Waals surface area contributed by atoms with Crippen LogP contribution in [0.4, 0.5) is 0 Å². The monoisotopic (exact) mass is 347 g/mol. The summed E-state index contributed by atoms with van der Waals surface area (Å²) in [6.45, 7) is 1.61. The summed E-state index contributed by atoms with van der Waals surface area (Å²) in [6.07, 6.45) is 0. The maximum absolute atomic E-state index is 9.10. The van der Waals surface area contributed by atoms with Gasteiger partial charge in [-0.1, -0.05) is 30.3 Å². The van der Waals surface area contributed by atoms with Gasteiger partial charge in [0.2, 0.25) is 0 Å². The van der Waals surface area contributed by atoms with Gasteiger partial charge in [0.1, 0.15) is 11.5 Å². The lowest BCUT2D eigenvalue weighted by atomic mass is 10.2. The van der Waals surface area contributed by atoms with Crippen LogP contribution in [0.25, 0.3) is 0 Å². The third-order valence-electron chi connectivity index (χ3n) is 3.18. The van der Waals surface area contributed by atoms with E-state index < -0.39 is 11.9 Å². The van der Waals surface area contributed by atoms with E-state index in [1.165, 1.54) is 11.1 Å². The molecule has 0 unspecified atom stereocenters. The Hall–Kier alpha value is -3.06. The number of hydrogen-bond donors (Lipinski definition) is 3. The van der Waals surface area contributed by atoms with Gasteiger partial charge in [-0.05, 0) is 23.8 Å². The first-order valence-electron chi connectivity index (χ1n) is 7.39. The minimum atomic E-state index is -1.82. The molecule has 2 rings (SSSR count). The standard InChI is InChI=1S/C16H19NO2.C2H2O4/c1-18-15-9-7-13(8-10-15)11-17-12-14-5-3-4-6-16(14)19-2;3-1(4)2(5)6/h3-10,17H,11-12H2,1-2H3;(H,3,4)(H,5,6). The molecule has 0 heterocycles. The second-order valence-electron chi connectivity index (χ2n) is 4.87. The Kier molecular flexibility index (Phi) is 8.53. The lowest BCUT2D eigenvalue weighted by Gasteiger charge is -2.09. The summed E-state index contributed by atoms with van der Waals surface area (Å²) in [7, 11) is 3.37. The lowest BCUT2D eigenvalue weighted by molar-refractivity contribution is -0.159. The smallest absolute Gasteiger partial charge is 0.414 e. The highest BCUT2D eigenvalue weighted by atomic mass is 16.5. The van der Waals surface area contributed by atoms with Crippen LogP contribution in [0.1, 0.15) is 11.1 Å².